The largest absolute Gasteiger partial charge is 0.514 e. The van der Waals surface area contributed by atoms with Crippen LogP contribution < -0.4 is 11.1 Å². The molecule has 5 nitrogen and oxygen atoms in total. The first-order valence-electron chi connectivity index (χ1n) is 4.30. The van der Waals surface area contributed by atoms with Crippen LogP contribution in [0.4, 0.5) is 5.69 Å². The van der Waals surface area contributed by atoms with Crippen molar-refractivity contribution >= 4 is 11.6 Å². The third-order valence-corrected chi connectivity index (χ3v) is 1.71. The van der Waals surface area contributed by atoms with Crippen LogP contribution in [0.1, 0.15) is 6.42 Å². The Morgan fingerprint density at radius 1 is 1.47 bits per heavy atom. The number of nitrogens with one attached hydrogen (secondary N) is 1. The Hall–Kier alpha value is -2.17. The lowest BCUT2D eigenvalue weighted by molar-refractivity contribution is -0.115. The molecule has 0 fully saturated rings. The van der Waals surface area contributed by atoms with E-state index in [2.05, 4.69) is 5.32 Å². The summed E-state index contributed by atoms with van der Waals surface area (Å²) in [6.07, 6.45) is 0.551. The highest BCUT2D eigenvalue weighted by atomic mass is 16.3. The Morgan fingerprint density at radius 2 is 2.13 bits per heavy atom. The Labute approximate surface area is 86.8 Å². The number of hydrogen-bond acceptors (Lipinski definition) is 4. The molecule has 0 aromatic heterocycles. The standard InChI is InChI=1S/C10H12N2O3/c11-7(6-13)5-10(15)12-8-3-1-2-4-9(8)14/h1-4,6,13-14H,5,11H2,(H,12,15)/b7-6-. The molecule has 1 amide bonds. The number of phenolic OH excluding ortho intramolecular Hbond substituents is 1. The van der Waals surface area contributed by atoms with Gasteiger partial charge in [-0.2, -0.15) is 0 Å². The number of phenols is 1. The molecule has 5 heteroatoms. The molecule has 0 saturated carbocycles. The van der Waals surface area contributed by atoms with Gasteiger partial charge in [0.1, 0.15) is 5.75 Å². The SMILES string of the molecule is N/C(=C\O)CC(=O)Nc1ccccc1O. The number of amides is 1. The average Bonchev–Trinajstić information content (AvgIpc) is 2.21. The van der Waals surface area contributed by atoms with E-state index in [9.17, 15) is 9.90 Å². The van der Waals surface area contributed by atoms with E-state index in [1.165, 1.54) is 6.07 Å². The second-order valence-corrected chi connectivity index (χ2v) is 2.95. The molecule has 1 aromatic rings. The monoisotopic (exact) mass is 208 g/mol. The van der Waals surface area contributed by atoms with Gasteiger partial charge in [0.15, 0.2) is 0 Å². The lowest BCUT2D eigenvalue weighted by Crippen LogP contribution is -2.15. The number of para-hydroxylation sites is 2. The van der Waals surface area contributed by atoms with Crippen LogP contribution in [0.5, 0.6) is 5.75 Å². The molecule has 0 saturated heterocycles. The van der Waals surface area contributed by atoms with Crippen LogP contribution in [0.2, 0.25) is 0 Å². The van der Waals surface area contributed by atoms with Crippen LogP contribution in [-0.2, 0) is 4.79 Å². The van der Waals surface area contributed by atoms with Crippen molar-refractivity contribution in [3.63, 3.8) is 0 Å². The molecule has 0 unspecified atom stereocenters. The van der Waals surface area contributed by atoms with Gasteiger partial charge in [-0.15, -0.1) is 0 Å². The summed E-state index contributed by atoms with van der Waals surface area (Å²) in [5, 5.41) is 20.3. The molecule has 80 valence electrons. The summed E-state index contributed by atoms with van der Waals surface area (Å²) in [5.41, 5.74) is 5.62. The summed E-state index contributed by atoms with van der Waals surface area (Å²) in [4.78, 5) is 11.3. The molecule has 15 heavy (non-hydrogen) atoms. The van der Waals surface area contributed by atoms with Crippen LogP contribution in [-0.4, -0.2) is 16.1 Å². The number of benzene rings is 1. The van der Waals surface area contributed by atoms with Gasteiger partial charge in [-0.3, -0.25) is 4.79 Å². The summed E-state index contributed by atoms with van der Waals surface area (Å²) in [5.74, 6) is -0.420. The van der Waals surface area contributed by atoms with Crippen molar-refractivity contribution in [2.45, 2.75) is 6.42 Å². The molecule has 0 aliphatic rings. The number of nitrogens with two attached hydrogens (primary N) is 1. The molecule has 0 aliphatic carbocycles. The van der Waals surface area contributed by atoms with E-state index in [4.69, 9.17) is 10.8 Å². The summed E-state index contributed by atoms with van der Waals surface area (Å²) in [6.45, 7) is 0. The van der Waals surface area contributed by atoms with E-state index >= 15 is 0 Å². The summed E-state index contributed by atoms with van der Waals surface area (Å²) < 4.78 is 0. The van der Waals surface area contributed by atoms with Gasteiger partial charge >= 0.3 is 0 Å². The van der Waals surface area contributed by atoms with Crippen molar-refractivity contribution in [2.75, 3.05) is 5.32 Å². The van der Waals surface area contributed by atoms with Crippen molar-refractivity contribution in [1.29, 1.82) is 0 Å². The fourth-order valence-electron chi connectivity index (χ4n) is 1.00. The molecule has 1 rings (SSSR count). The van der Waals surface area contributed by atoms with Crippen LogP contribution >= 0.6 is 0 Å². The number of carbonyl (C=O) groups is 1. The first kappa shape index (κ1) is 10.9. The second-order valence-electron chi connectivity index (χ2n) is 2.95. The van der Waals surface area contributed by atoms with Crippen molar-refractivity contribution in [2.24, 2.45) is 5.73 Å². The van der Waals surface area contributed by atoms with Crippen molar-refractivity contribution < 1.29 is 15.0 Å². The lowest BCUT2D eigenvalue weighted by atomic mass is 10.2. The van der Waals surface area contributed by atoms with E-state index in [1.807, 2.05) is 0 Å². The number of carbonyl (C=O) groups excluding carboxylic acids is 1. The topological polar surface area (TPSA) is 95.6 Å². The van der Waals surface area contributed by atoms with Crippen LogP contribution in [0.15, 0.2) is 36.2 Å². The maximum atomic E-state index is 11.3. The highest BCUT2D eigenvalue weighted by Gasteiger charge is 2.06. The summed E-state index contributed by atoms with van der Waals surface area (Å²) >= 11 is 0. The number of hydrogen-bond donors (Lipinski definition) is 4. The van der Waals surface area contributed by atoms with Gasteiger partial charge in [0.05, 0.1) is 24.1 Å². The quantitative estimate of drug-likeness (QED) is 0.441. The van der Waals surface area contributed by atoms with Gasteiger partial charge in [0.25, 0.3) is 0 Å². The van der Waals surface area contributed by atoms with Gasteiger partial charge in [0.2, 0.25) is 5.91 Å². The highest BCUT2D eigenvalue weighted by molar-refractivity contribution is 5.93. The third kappa shape index (κ3) is 3.22. The van der Waals surface area contributed by atoms with Gasteiger partial charge in [-0.25, -0.2) is 0 Å². The zero-order valence-corrected chi connectivity index (χ0v) is 7.97. The molecule has 1 aromatic carbocycles. The first-order valence-corrected chi connectivity index (χ1v) is 4.30. The molecule has 5 N–H and O–H groups in total. The highest BCUT2D eigenvalue weighted by Crippen LogP contribution is 2.21. The van der Waals surface area contributed by atoms with E-state index in [-0.39, 0.29) is 17.9 Å². The normalized spacial score (nSPS) is 11.1. The minimum atomic E-state index is -0.403. The van der Waals surface area contributed by atoms with Crippen LogP contribution in [0, 0.1) is 0 Å². The first-order chi connectivity index (χ1) is 7.13. The van der Waals surface area contributed by atoms with Crippen molar-refractivity contribution in [3.05, 3.63) is 36.2 Å². The second kappa shape index (κ2) is 4.90. The summed E-state index contributed by atoms with van der Waals surface area (Å²) in [6, 6.07) is 6.35. The number of aromatic hydroxyl groups is 1. The van der Waals surface area contributed by atoms with Crippen LogP contribution in [0.3, 0.4) is 0 Å². The average molecular weight is 208 g/mol. The van der Waals surface area contributed by atoms with E-state index in [0.29, 0.717) is 11.9 Å². The minimum absolute atomic E-state index is 0.0163. The maximum Gasteiger partial charge on any atom is 0.230 e. The Kier molecular flexibility index (Phi) is 3.56. The third-order valence-electron chi connectivity index (χ3n) is 1.71. The molecule has 0 atom stereocenters. The number of aliphatic hydroxyl groups excluding tert-OH is 1. The molecule has 0 bridgehead atoms. The number of rotatable bonds is 3. The van der Waals surface area contributed by atoms with Gasteiger partial charge in [-0.1, -0.05) is 12.1 Å². The van der Waals surface area contributed by atoms with Gasteiger partial charge in [0, 0.05) is 0 Å². The van der Waals surface area contributed by atoms with Crippen molar-refractivity contribution in [3.8, 4) is 5.75 Å². The smallest absolute Gasteiger partial charge is 0.230 e. The summed E-state index contributed by atoms with van der Waals surface area (Å²) in [7, 11) is 0. The number of aliphatic hydroxyl groups is 1. The minimum Gasteiger partial charge on any atom is -0.514 e. The fraction of sp³-hybridized carbons (Fsp3) is 0.100. The number of anilines is 1. The van der Waals surface area contributed by atoms with Crippen LogP contribution in [0.25, 0.3) is 0 Å². The van der Waals surface area contributed by atoms with E-state index in [1.54, 1.807) is 18.2 Å². The Morgan fingerprint density at radius 3 is 2.73 bits per heavy atom. The molecule has 0 heterocycles. The zero-order chi connectivity index (χ0) is 11.3. The zero-order valence-electron chi connectivity index (χ0n) is 7.97. The molecule has 0 spiro atoms. The maximum absolute atomic E-state index is 11.3. The predicted octanol–water partition coefficient (Wildman–Crippen LogP) is 1.08. The molecular weight excluding hydrogens is 196 g/mol. The fourth-order valence-corrected chi connectivity index (χ4v) is 1.00. The van der Waals surface area contributed by atoms with Gasteiger partial charge in [-0.05, 0) is 12.1 Å². The molecular formula is C10H12N2O3. The van der Waals surface area contributed by atoms with E-state index < -0.39 is 5.91 Å². The molecule has 0 aliphatic heterocycles. The molecule has 0 radical (unpaired) electrons. The predicted molar refractivity (Wildman–Crippen MR) is 56.3 cm³/mol. The Balaban J connectivity index is 2.63. The Bertz CT molecular complexity index is 388. The lowest BCUT2D eigenvalue weighted by Gasteiger charge is -2.06. The van der Waals surface area contributed by atoms with Crippen molar-refractivity contribution in [1.82, 2.24) is 0 Å². The van der Waals surface area contributed by atoms with Gasteiger partial charge < -0.3 is 21.3 Å². The van der Waals surface area contributed by atoms with E-state index in [0.717, 1.165) is 0 Å².